The van der Waals surface area contributed by atoms with Crippen LogP contribution in [0.25, 0.3) is 0 Å². The lowest BCUT2D eigenvalue weighted by atomic mass is 10.1. The van der Waals surface area contributed by atoms with Gasteiger partial charge in [0.2, 0.25) is 0 Å². The van der Waals surface area contributed by atoms with Crippen LogP contribution in [0.5, 0.6) is 0 Å². The van der Waals surface area contributed by atoms with E-state index in [0.717, 1.165) is 0 Å². The second-order valence-corrected chi connectivity index (χ2v) is 2.76. The van der Waals surface area contributed by atoms with Crippen LogP contribution in [0.1, 0.15) is 13.8 Å². The van der Waals surface area contributed by atoms with Crippen molar-refractivity contribution in [1.29, 1.82) is 0 Å². The number of hydrogen-bond donors (Lipinski definition) is 1. The molecule has 0 aromatic heterocycles. The molecule has 1 aliphatic rings. The fourth-order valence-electron chi connectivity index (χ4n) is 1.23. The Bertz CT molecular complexity index is 165. The van der Waals surface area contributed by atoms with Crippen molar-refractivity contribution in [2.45, 2.75) is 26.0 Å². The zero-order chi connectivity index (χ0) is 8.97. The number of carbonyl (C=O) groups is 1. The van der Waals surface area contributed by atoms with Gasteiger partial charge in [-0.05, 0) is 13.8 Å². The molecule has 1 aliphatic heterocycles. The first-order valence-electron chi connectivity index (χ1n) is 4.27. The molecule has 0 amide bonds. The van der Waals surface area contributed by atoms with E-state index < -0.39 is 0 Å². The van der Waals surface area contributed by atoms with E-state index >= 15 is 0 Å². The molecule has 4 nitrogen and oxygen atoms in total. The molecule has 0 aliphatic carbocycles. The van der Waals surface area contributed by atoms with E-state index in [1.807, 2.05) is 6.92 Å². The number of morpholine rings is 1. The number of nitrogens with one attached hydrogen (secondary N) is 1. The molecule has 1 fully saturated rings. The second-order valence-electron chi connectivity index (χ2n) is 2.76. The Labute approximate surface area is 84.4 Å². The van der Waals surface area contributed by atoms with Gasteiger partial charge in [0, 0.05) is 6.54 Å². The van der Waals surface area contributed by atoms with E-state index in [2.05, 4.69) is 5.32 Å². The van der Waals surface area contributed by atoms with Crippen molar-refractivity contribution in [3.63, 3.8) is 0 Å². The van der Waals surface area contributed by atoms with Gasteiger partial charge >= 0.3 is 5.97 Å². The van der Waals surface area contributed by atoms with Crippen LogP contribution < -0.4 is 5.32 Å². The Morgan fingerprint density at radius 2 is 2.38 bits per heavy atom. The summed E-state index contributed by atoms with van der Waals surface area (Å²) in [4.78, 5) is 11.2. The van der Waals surface area contributed by atoms with Crippen LogP contribution in [-0.2, 0) is 14.3 Å². The average Bonchev–Trinajstić information content (AvgIpc) is 2.05. The first-order chi connectivity index (χ1) is 5.75. The van der Waals surface area contributed by atoms with Gasteiger partial charge in [0.25, 0.3) is 0 Å². The van der Waals surface area contributed by atoms with Gasteiger partial charge in [-0.3, -0.25) is 10.1 Å². The average molecular weight is 210 g/mol. The predicted molar refractivity (Wildman–Crippen MR) is 51.1 cm³/mol. The molecule has 5 heteroatoms. The molecular formula is C8H16ClNO3. The topological polar surface area (TPSA) is 47.6 Å². The van der Waals surface area contributed by atoms with Gasteiger partial charge in [-0.1, -0.05) is 0 Å². The van der Waals surface area contributed by atoms with Gasteiger partial charge in [-0.15, -0.1) is 12.4 Å². The van der Waals surface area contributed by atoms with E-state index in [-0.39, 0.29) is 30.5 Å². The third-order valence-corrected chi connectivity index (χ3v) is 1.86. The number of halogens is 1. The minimum atomic E-state index is -0.293. The minimum Gasteiger partial charge on any atom is -0.465 e. The van der Waals surface area contributed by atoms with E-state index in [9.17, 15) is 4.79 Å². The van der Waals surface area contributed by atoms with Crippen molar-refractivity contribution in [2.24, 2.45) is 0 Å². The molecule has 78 valence electrons. The Kier molecular flexibility index (Phi) is 6.03. The quantitative estimate of drug-likeness (QED) is 0.667. The third-order valence-electron chi connectivity index (χ3n) is 1.86. The molecule has 1 saturated heterocycles. The summed E-state index contributed by atoms with van der Waals surface area (Å²) in [5.41, 5.74) is 0. The molecular weight excluding hydrogens is 194 g/mol. The summed E-state index contributed by atoms with van der Waals surface area (Å²) in [5, 5.41) is 3.05. The van der Waals surface area contributed by atoms with Gasteiger partial charge < -0.3 is 9.47 Å². The Morgan fingerprint density at radius 3 is 2.92 bits per heavy atom. The monoisotopic (exact) mass is 209 g/mol. The second kappa shape index (κ2) is 6.18. The van der Waals surface area contributed by atoms with Crippen LogP contribution in [0.2, 0.25) is 0 Å². The molecule has 13 heavy (non-hydrogen) atoms. The number of carbonyl (C=O) groups excluding carboxylic acids is 1. The fourth-order valence-corrected chi connectivity index (χ4v) is 1.23. The van der Waals surface area contributed by atoms with Gasteiger partial charge in [-0.25, -0.2) is 0 Å². The zero-order valence-electron chi connectivity index (χ0n) is 7.91. The first kappa shape index (κ1) is 12.7. The molecule has 0 aromatic carbocycles. The number of ether oxygens (including phenoxy) is 2. The molecule has 0 saturated carbocycles. The maximum atomic E-state index is 11.2. The number of rotatable bonds is 2. The number of hydrogen-bond acceptors (Lipinski definition) is 4. The molecule has 1 rings (SSSR count). The number of esters is 1. The highest BCUT2D eigenvalue weighted by Gasteiger charge is 2.29. The van der Waals surface area contributed by atoms with E-state index in [0.29, 0.717) is 19.8 Å². The minimum absolute atomic E-state index is 0. The molecule has 0 unspecified atom stereocenters. The van der Waals surface area contributed by atoms with Gasteiger partial charge in [0.1, 0.15) is 6.04 Å². The lowest BCUT2D eigenvalue weighted by Crippen LogP contribution is -2.52. The Balaban J connectivity index is 0.00000144. The van der Waals surface area contributed by atoms with Gasteiger partial charge in [0.05, 0.1) is 19.3 Å². The van der Waals surface area contributed by atoms with Crippen LogP contribution in [0, 0.1) is 0 Å². The van der Waals surface area contributed by atoms with E-state index in [1.165, 1.54) is 0 Å². The third kappa shape index (κ3) is 3.50. The summed E-state index contributed by atoms with van der Waals surface area (Å²) < 4.78 is 10.2. The predicted octanol–water partition coefficient (Wildman–Crippen LogP) is 0.348. The van der Waals surface area contributed by atoms with E-state index in [1.54, 1.807) is 6.92 Å². The molecule has 0 bridgehead atoms. The summed E-state index contributed by atoms with van der Waals surface area (Å²) in [6.45, 7) is 5.47. The van der Waals surface area contributed by atoms with Crippen LogP contribution >= 0.6 is 12.4 Å². The lowest BCUT2D eigenvalue weighted by molar-refractivity contribution is -0.151. The zero-order valence-corrected chi connectivity index (χ0v) is 8.73. The standard InChI is InChI=1S/C8H15NO3.ClH/c1-3-11-8(10)7-6(2)12-5-4-9-7;/h6-7,9H,3-5H2,1-2H3;1H/t6-,7+;/m0./s1. The van der Waals surface area contributed by atoms with Crippen LogP contribution in [-0.4, -0.2) is 37.9 Å². The highest BCUT2D eigenvalue weighted by Crippen LogP contribution is 2.05. The first-order valence-corrected chi connectivity index (χ1v) is 4.27. The largest absolute Gasteiger partial charge is 0.465 e. The summed E-state index contributed by atoms with van der Waals surface area (Å²) in [6.07, 6.45) is -0.0854. The molecule has 2 atom stereocenters. The Morgan fingerprint density at radius 1 is 1.69 bits per heavy atom. The molecule has 0 radical (unpaired) electrons. The molecule has 0 spiro atoms. The summed E-state index contributed by atoms with van der Waals surface area (Å²) >= 11 is 0. The van der Waals surface area contributed by atoms with Crippen LogP contribution in [0.15, 0.2) is 0 Å². The SMILES string of the molecule is CCOC(=O)[C@@H]1NCCO[C@H]1C.Cl. The molecule has 0 aromatic rings. The van der Waals surface area contributed by atoms with Crippen molar-refractivity contribution >= 4 is 18.4 Å². The lowest BCUT2D eigenvalue weighted by Gasteiger charge is -2.28. The van der Waals surface area contributed by atoms with Gasteiger partial charge in [0.15, 0.2) is 0 Å². The fraction of sp³-hybridized carbons (Fsp3) is 0.875. The van der Waals surface area contributed by atoms with Crippen molar-refractivity contribution < 1.29 is 14.3 Å². The maximum Gasteiger partial charge on any atom is 0.325 e. The summed E-state index contributed by atoms with van der Waals surface area (Å²) in [6, 6.07) is -0.293. The summed E-state index contributed by atoms with van der Waals surface area (Å²) in [7, 11) is 0. The normalized spacial score (nSPS) is 27.5. The molecule has 1 heterocycles. The van der Waals surface area contributed by atoms with Gasteiger partial charge in [-0.2, -0.15) is 0 Å². The van der Waals surface area contributed by atoms with Crippen molar-refractivity contribution in [1.82, 2.24) is 5.32 Å². The van der Waals surface area contributed by atoms with Crippen molar-refractivity contribution in [2.75, 3.05) is 19.8 Å². The smallest absolute Gasteiger partial charge is 0.325 e. The van der Waals surface area contributed by atoms with Crippen LogP contribution in [0.4, 0.5) is 0 Å². The van der Waals surface area contributed by atoms with E-state index in [4.69, 9.17) is 9.47 Å². The van der Waals surface area contributed by atoms with Crippen molar-refractivity contribution in [3.05, 3.63) is 0 Å². The summed E-state index contributed by atoms with van der Waals surface area (Å²) in [5.74, 6) is -0.218. The maximum absolute atomic E-state index is 11.2. The van der Waals surface area contributed by atoms with Crippen molar-refractivity contribution in [3.8, 4) is 0 Å². The Hall–Kier alpha value is -0.320. The van der Waals surface area contributed by atoms with Crippen LogP contribution in [0.3, 0.4) is 0 Å². The highest BCUT2D eigenvalue weighted by atomic mass is 35.5. The molecule has 1 N–H and O–H groups in total. The highest BCUT2D eigenvalue weighted by molar-refractivity contribution is 5.85.